The van der Waals surface area contributed by atoms with Crippen LogP contribution in [0.4, 0.5) is 5.69 Å². The fraction of sp³-hybridized carbons (Fsp3) is 0.318. The zero-order valence-corrected chi connectivity index (χ0v) is 20.5. The summed E-state index contributed by atoms with van der Waals surface area (Å²) >= 11 is 0. The molecule has 11 heteroatoms. The van der Waals surface area contributed by atoms with Gasteiger partial charge in [-0.15, -0.1) is 0 Å². The van der Waals surface area contributed by atoms with Gasteiger partial charge in [-0.25, -0.2) is 8.42 Å². The summed E-state index contributed by atoms with van der Waals surface area (Å²) in [6.45, 7) is 3.41. The van der Waals surface area contributed by atoms with Gasteiger partial charge in [0, 0.05) is 13.2 Å². The second-order valence-electron chi connectivity index (χ2n) is 7.34. The SMILES string of the molecule is CCOc1cc([C@@H](CS(C)(=O)=O)N2C(=O)c3cccc(NC(C)=O)c3C2=O)ccc1OC.S. The number of imide groups is 1. The topological polar surface area (TPSA) is 119 Å². The Kier molecular flexibility index (Phi) is 8.15. The van der Waals surface area contributed by atoms with Crippen molar-refractivity contribution in [2.75, 3.05) is 31.0 Å². The van der Waals surface area contributed by atoms with Crippen LogP contribution in [0, 0.1) is 0 Å². The Balaban J connectivity index is 0.00000385. The summed E-state index contributed by atoms with van der Waals surface area (Å²) in [4.78, 5) is 39.1. The molecule has 1 aliphatic rings. The van der Waals surface area contributed by atoms with Crippen molar-refractivity contribution in [2.24, 2.45) is 0 Å². The van der Waals surface area contributed by atoms with Crippen LogP contribution in [0.5, 0.6) is 11.5 Å². The number of sulfone groups is 1. The zero-order chi connectivity index (χ0) is 23.6. The summed E-state index contributed by atoms with van der Waals surface area (Å²) in [5, 5.41) is 2.55. The predicted molar refractivity (Wildman–Crippen MR) is 128 cm³/mol. The Morgan fingerprint density at radius 2 is 1.82 bits per heavy atom. The molecule has 0 spiro atoms. The fourth-order valence-electron chi connectivity index (χ4n) is 3.66. The third kappa shape index (κ3) is 5.48. The number of amides is 3. The Hall–Kier alpha value is -3.05. The average Bonchev–Trinajstić information content (AvgIpc) is 2.96. The summed E-state index contributed by atoms with van der Waals surface area (Å²) in [6.07, 6.45) is 1.04. The molecule has 0 saturated carbocycles. The van der Waals surface area contributed by atoms with Crippen LogP contribution < -0.4 is 14.8 Å². The van der Waals surface area contributed by atoms with Crippen molar-refractivity contribution >= 4 is 46.7 Å². The molecule has 0 fully saturated rings. The highest BCUT2D eigenvalue weighted by atomic mass is 32.2. The third-order valence-electron chi connectivity index (χ3n) is 4.90. The molecule has 2 aromatic rings. The summed E-state index contributed by atoms with van der Waals surface area (Å²) in [7, 11) is -2.13. The van der Waals surface area contributed by atoms with Gasteiger partial charge in [-0.2, -0.15) is 13.5 Å². The average molecular weight is 495 g/mol. The van der Waals surface area contributed by atoms with Gasteiger partial charge in [0.25, 0.3) is 11.8 Å². The van der Waals surface area contributed by atoms with E-state index in [1.165, 1.54) is 26.2 Å². The molecule has 3 amide bonds. The van der Waals surface area contributed by atoms with E-state index in [-0.39, 0.29) is 30.3 Å². The Morgan fingerprint density at radius 1 is 1.12 bits per heavy atom. The third-order valence-corrected chi connectivity index (χ3v) is 5.82. The van der Waals surface area contributed by atoms with Crippen molar-refractivity contribution in [3.05, 3.63) is 53.1 Å². The lowest BCUT2D eigenvalue weighted by Crippen LogP contribution is -2.37. The van der Waals surface area contributed by atoms with Crippen LogP contribution >= 0.6 is 13.5 Å². The lowest BCUT2D eigenvalue weighted by atomic mass is 10.1. The standard InChI is InChI=1S/C22H24N2O7S.H2S/c1-5-31-19-11-14(9-10-18(19)30-3)17(12-32(4,28)29)24-21(26)15-7-6-8-16(23-13(2)25)20(15)22(24)27;/h6-11,17H,5,12H2,1-4H3,(H,23,25);1H2/t17-;/m1./s1. The number of fused-ring (bicyclic) bond motifs is 1. The molecule has 0 radical (unpaired) electrons. The number of nitrogens with one attached hydrogen (secondary N) is 1. The van der Waals surface area contributed by atoms with Gasteiger partial charge in [0.2, 0.25) is 5.91 Å². The van der Waals surface area contributed by atoms with Gasteiger partial charge in [0.1, 0.15) is 9.84 Å². The van der Waals surface area contributed by atoms with E-state index in [0.717, 1.165) is 11.2 Å². The van der Waals surface area contributed by atoms with Crippen LogP contribution in [-0.2, 0) is 14.6 Å². The quantitative estimate of drug-likeness (QED) is 0.560. The summed E-state index contributed by atoms with van der Waals surface area (Å²) < 4.78 is 35.3. The first-order chi connectivity index (χ1) is 15.1. The van der Waals surface area contributed by atoms with Crippen LogP contribution in [0.15, 0.2) is 36.4 Å². The van der Waals surface area contributed by atoms with E-state index in [0.29, 0.717) is 23.7 Å². The molecule has 0 bridgehead atoms. The predicted octanol–water partition coefficient (Wildman–Crippen LogP) is 2.55. The highest BCUT2D eigenvalue weighted by Gasteiger charge is 2.43. The van der Waals surface area contributed by atoms with Crippen LogP contribution in [-0.4, -0.2) is 56.8 Å². The normalized spacial score (nSPS) is 13.8. The number of nitrogens with zero attached hydrogens (tertiary/aromatic N) is 1. The molecule has 0 aliphatic carbocycles. The van der Waals surface area contributed by atoms with Gasteiger partial charge in [0.15, 0.2) is 11.5 Å². The van der Waals surface area contributed by atoms with Crippen molar-refractivity contribution in [2.45, 2.75) is 19.9 Å². The van der Waals surface area contributed by atoms with E-state index in [2.05, 4.69) is 5.32 Å². The Bertz CT molecular complexity index is 1200. The molecule has 1 N–H and O–H groups in total. The largest absolute Gasteiger partial charge is 0.493 e. The number of ether oxygens (including phenoxy) is 2. The molecule has 0 aromatic heterocycles. The zero-order valence-electron chi connectivity index (χ0n) is 18.7. The highest BCUT2D eigenvalue weighted by Crippen LogP contribution is 2.38. The second kappa shape index (κ2) is 10.3. The van der Waals surface area contributed by atoms with Gasteiger partial charge in [-0.1, -0.05) is 12.1 Å². The second-order valence-corrected chi connectivity index (χ2v) is 9.53. The first-order valence-electron chi connectivity index (χ1n) is 9.84. The monoisotopic (exact) mass is 494 g/mol. The molecule has 1 heterocycles. The Labute approximate surface area is 199 Å². The summed E-state index contributed by atoms with van der Waals surface area (Å²) in [6, 6.07) is 8.18. The molecular formula is C22H26N2O7S2. The van der Waals surface area contributed by atoms with Crippen molar-refractivity contribution in [3.8, 4) is 11.5 Å². The molecule has 0 saturated heterocycles. The number of carbonyl (C=O) groups is 3. The van der Waals surface area contributed by atoms with Crippen LogP contribution in [0.25, 0.3) is 0 Å². The minimum Gasteiger partial charge on any atom is -0.493 e. The van der Waals surface area contributed by atoms with Gasteiger partial charge in [-0.05, 0) is 36.8 Å². The summed E-state index contributed by atoms with van der Waals surface area (Å²) in [5.74, 6) is -1.41. The van der Waals surface area contributed by atoms with Crippen LogP contribution in [0.3, 0.4) is 0 Å². The molecule has 9 nitrogen and oxygen atoms in total. The van der Waals surface area contributed by atoms with Crippen molar-refractivity contribution in [1.82, 2.24) is 4.90 Å². The molecule has 0 unspecified atom stereocenters. The smallest absolute Gasteiger partial charge is 0.264 e. The maximum absolute atomic E-state index is 13.3. The molecular weight excluding hydrogens is 468 g/mol. The molecule has 178 valence electrons. The molecule has 33 heavy (non-hydrogen) atoms. The molecule has 3 rings (SSSR count). The number of hydrogen-bond acceptors (Lipinski definition) is 7. The van der Waals surface area contributed by atoms with E-state index < -0.39 is 39.4 Å². The maximum Gasteiger partial charge on any atom is 0.264 e. The number of hydrogen-bond donors (Lipinski definition) is 1. The van der Waals surface area contributed by atoms with E-state index >= 15 is 0 Å². The fourth-order valence-corrected chi connectivity index (χ4v) is 4.57. The number of methoxy groups -OCH3 is 1. The highest BCUT2D eigenvalue weighted by molar-refractivity contribution is 7.90. The minimum absolute atomic E-state index is 0. The molecule has 2 aromatic carbocycles. The summed E-state index contributed by atoms with van der Waals surface area (Å²) in [5.41, 5.74) is 0.719. The van der Waals surface area contributed by atoms with Gasteiger partial charge in [0.05, 0.1) is 42.3 Å². The van der Waals surface area contributed by atoms with Crippen molar-refractivity contribution in [3.63, 3.8) is 0 Å². The van der Waals surface area contributed by atoms with Gasteiger partial charge < -0.3 is 14.8 Å². The molecule has 1 aliphatic heterocycles. The minimum atomic E-state index is -3.60. The first-order valence-corrected chi connectivity index (χ1v) is 11.9. The number of anilines is 1. The van der Waals surface area contributed by atoms with Crippen LogP contribution in [0.2, 0.25) is 0 Å². The van der Waals surface area contributed by atoms with E-state index in [1.807, 2.05) is 0 Å². The van der Waals surface area contributed by atoms with Gasteiger partial charge in [-0.3, -0.25) is 19.3 Å². The van der Waals surface area contributed by atoms with E-state index in [4.69, 9.17) is 9.47 Å². The number of rotatable bonds is 8. The van der Waals surface area contributed by atoms with Crippen molar-refractivity contribution in [1.29, 1.82) is 0 Å². The first kappa shape index (κ1) is 26.2. The van der Waals surface area contributed by atoms with Crippen molar-refractivity contribution < 1.29 is 32.3 Å². The maximum atomic E-state index is 13.3. The lowest BCUT2D eigenvalue weighted by Gasteiger charge is -2.27. The van der Waals surface area contributed by atoms with Gasteiger partial charge >= 0.3 is 0 Å². The Morgan fingerprint density at radius 3 is 2.39 bits per heavy atom. The number of benzene rings is 2. The van der Waals surface area contributed by atoms with E-state index in [1.54, 1.807) is 31.2 Å². The molecule has 1 atom stereocenters. The van der Waals surface area contributed by atoms with Crippen LogP contribution in [0.1, 0.15) is 46.2 Å². The van der Waals surface area contributed by atoms with E-state index in [9.17, 15) is 22.8 Å². The number of carbonyl (C=O) groups excluding carboxylic acids is 3. The lowest BCUT2D eigenvalue weighted by molar-refractivity contribution is -0.114.